The molecule has 0 saturated carbocycles. The number of aliphatic carboxylic acids is 1. The van der Waals surface area contributed by atoms with Gasteiger partial charge in [0.1, 0.15) is 12.4 Å². The minimum atomic E-state index is -4.83. The molecule has 1 fully saturated rings. The minimum absolute atomic E-state index is 0.0747. The van der Waals surface area contributed by atoms with E-state index in [1.807, 2.05) is 30.5 Å². The quantitative estimate of drug-likeness (QED) is 0.239. The van der Waals surface area contributed by atoms with Crippen molar-refractivity contribution in [1.82, 2.24) is 14.2 Å². The van der Waals surface area contributed by atoms with Crippen molar-refractivity contribution in [3.63, 3.8) is 0 Å². The number of carbonyl (C=O) groups excluding carboxylic acids is 1. The van der Waals surface area contributed by atoms with E-state index in [-0.39, 0.29) is 42.4 Å². The lowest BCUT2D eigenvalue weighted by atomic mass is 10.0. The van der Waals surface area contributed by atoms with Crippen molar-refractivity contribution in [2.75, 3.05) is 29.9 Å². The number of halogens is 3. The number of carbonyl (C=O) groups is 2. The van der Waals surface area contributed by atoms with Crippen LogP contribution in [0.25, 0.3) is 5.52 Å². The molecular weight excluding hydrogens is 567 g/mol. The summed E-state index contributed by atoms with van der Waals surface area (Å²) in [5, 5.41) is 25.9. The molecule has 1 aliphatic heterocycles. The van der Waals surface area contributed by atoms with Gasteiger partial charge in [-0.15, -0.1) is 0 Å². The first-order chi connectivity index (χ1) is 20.4. The van der Waals surface area contributed by atoms with Gasteiger partial charge >= 0.3 is 12.1 Å². The summed E-state index contributed by atoms with van der Waals surface area (Å²) in [6.45, 7) is 4.79. The molecule has 43 heavy (non-hydrogen) atoms. The van der Waals surface area contributed by atoms with Gasteiger partial charge in [0.15, 0.2) is 0 Å². The number of rotatable bonds is 10. The molecule has 1 aromatic carbocycles. The number of aliphatic hydroxyl groups excluding tert-OH is 1. The third-order valence-corrected chi connectivity index (χ3v) is 7.39. The molecule has 0 aliphatic carbocycles. The molecule has 1 amide bonds. The van der Waals surface area contributed by atoms with Crippen LogP contribution in [0, 0.1) is 0 Å². The van der Waals surface area contributed by atoms with Crippen LogP contribution < -0.4 is 15.0 Å². The average molecular weight is 600 g/mol. The number of alkyl halides is 3. The van der Waals surface area contributed by atoms with E-state index in [0.717, 1.165) is 17.6 Å². The van der Waals surface area contributed by atoms with Crippen LogP contribution in [0.4, 0.5) is 24.5 Å². The van der Waals surface area contributed by atoms with E-state index < -0.39 is 41.8 Å². The highest BCUT2D eigenvalue weighted by molar-refractivity contribution is 6.06. The fourth-order valence-corrected chi connectivity index (χ4v) is 5.49. The second-order valence-electron chi connectivity index (χ2n) is 10.8. The molecule has 0 bridgehead atoms. The van der Waals surface area contributed by atoms with Crippen LogP contribution in [0.3, 0.4) is 0 Å². The van der Waals surface area contributed by atoms with Crippen molar-refractivity contribution >= 4 is 28.8 Å². The minimum Gasteiger partial charge on any atom is -0.492 e. The highest BCUT2D eigenvalue weighted by Crippen LogP contribution is 2.40. The number of β-amino-alcohol motifs (C(OH)–C–C–N with tert-alkyl or cyclic N) is 1. The predicted molar refractivity (Wildman–Crippen MR) is 153 cm³/mol. The van der Waals surface area contributed by atoms with Crippen LogP contribution in [0.1, 0.15) is 53.4 Å². The summed E-state index contributed by atoms with van der Waals surface area (Å²) < 4.78 is 52.1. The second-order valence-corrected chi connectivity index (χ2v) is 10.8. The maximum atomic E-state index is 14.2. The number of hydrogen-bond acceptors (Lipinski definition) is 6. The average Bonchev–Trinajstić information content (AvgIpc) is 3.67. The Balaban J connectivity index is 1.39. The highest BCUT2D eigenvalue weighted by atomic mass is 19.4. The summed E-state index contributed by atoms with van der Waals surface area (Å²) in [6.07, 6.45) is -0.608. The van der Waals surface area contributed by atoms with Crippen LogP contribution in [0.5, 0.6) is 5.75 Å². The van der Waals surface area contributed by atoms with Crippen molar-refractivity contribution in [3.05, 3.63) is 77.4 Å². The Bertz CT molecular complexity index is 1640. The Morgan fingerprint density at radius 1 is 1.16 bits per heavy atom. The van der Waals surface area contributed by atoms with Crippen LogP contribution in [0.15, 0.2) is 55.0 Å². The van der Waals surface area contributed by atoms with Gasteiger partial charge in [0, 0.05) is 49.1 Å². The fourth-order valence-electron chi connectivity index (χ4n) is 5.49. The summed E-state index contributed by atoms with van der Waals surface area (Å²) >= 11 is 0. The summed E-state index contributed by atoms with van der Waals surface area (Å²) in [6, 6.07) is 8.96. The number of carboxylic acid groups (broad SMARTS) is 1. The number of anilines is 2. The number of aromatic nitrogens is 3. The molecular formula is C30H32F3N5O5. The fraction of sp³-hybridized carbons (Fsp3) is 0.367. The van der Waals surface area contributed by atoms with E-state index >= 15 is 0 Å². The first-order valence-electron chi connectivity index (χ1n) is 13.9. The van der Waals surface area contributed by atoms with Gasteiger partial charge in [0.2, 0.25) is 0 Å². The number of aliphatic hydroxyl groups is 1. The number of amides is 1. The normalized spacial score (nSPS) is 15.4. The molecule has 1 aliphatic rings. The number of fused-ring (bicyclic) bond motifs is 1. The van der Waals surface area contributed by atoms with Gasteiger partial charge in [-0.25, -0.2) is 4.52 Å². The van der Waals surface area contributed by atoms with Gasteiger partial charge in [0.25, 0.3) is 5.91 Å². The smallest absolute Gasteiger partial charge is 0.418 e. The number of nitrogens with one attached hydrogen (secondary N) is 1. The first-order valence-corrected chi connectivity index (χ1v) is 13.9. The van der Waals surface area contributed by atoms with Gasteiger partial charge in [-0.1, -0.05) is 13.8 Å². The molecule has 10 nitrogen and oxygen atoms in total. The SMILES string of the molecule is CC(C)c1c(C(=O)Nc2cc(CC(=O)O)c(N3CC[C@@H](O)C3)cc2C(F)(F)F)ccn1CCOc1ccn2nccc2c1. The van der Waals surface area contributed by atoms with E-state index in [4.69, 9.17) is 4.74 Å². The molecule has 13 heteroatoms. The van der Waals surface area contributed by atoms with Crippen molar-refractivity contribution in [2.45, 2.75) is 51.4 Å². The van der Waals surface area contributed by atoms with Gasteiger partial charge in [-0.3, -0.25) is 9.59 Å². The summed E-state index contributed by atoms with van der Waals surface area (Å²) in [5.74, 6) is -1.48. The topological polar surface area (TPSA) is 121 Å². The Kier molecular flexibility index (Phi) is 8.36. The Labute approximate surface area is 245 Å². The molecule has 4 aromatic rings. The molecule has 1 saturated heterocycles. The van der Waals surface area contributed by atoms with Crippen molar-refractivity contribution in [3.8, 4) is 5.75 Å². The lowest BCUT2D eigenvalue weighted by Gasteiger charge is -2.25. The number of nitrogens with zero attached hydrogens (tertiary/aromatic N) is 4. The Morgan fingerprint density at radius 3 is 2.63 bits per heavy atom. The number of pyridine rings is 1. The van der Waals surface area contributed by atoms with E-state index in [2.05, 4.69) is 10.4 Å². The molecule has 5 rings (SSSR count). The Hall–Kier alpha value is -4.52. The summed E-state index contributed by atoms with van der Waals surface area (Å²) in [7, 11) is 0. The zero-order valence-electron chi connectivity index (χ0n) is 23.6. The van der Waals surface area contributed by atoms with E-state index in [9.17, 15) is 33.0 Å². The van der Waals surface area contributed by atoms with Crippen molar-refractivity contribution < 1.29 is 37.7 Å². The first kappa shape index (κ1) is 30.0. The van der Waals surface area contributed by atoms with Crippen LogP contribution >= 0.6 is 0 Å². The molecule has 0 spiro atoms. The molecule has 3 N–H and O–H groups in total. The van der Waals surface area contributed by atoms with Gasteiger partial charge < -0.3 is 29.7 Å². The largest absolute Gasteiger partial charge is 0.492 e. The maximum Gasteiger partial charge on any atom is 0.418 e. The molecule has 3 aromatic heterocycles. The zero-order valence-corrected chi connectivity index (χ0v) is 23.6. The zero-order chi connectivity index (χ0) is 30.9. The summed E-state index contributed by atoms with van der Waals surface area (Å²) in [4.78, 5) is 26.6. The van der Waals surface area contributed by atoms with Crippen molar-refractivity contribution in [1.29, 1.82) is 0 Å². The van der Waals surface area contributed by atoms with E-state index in [0.29, 0.717) is 24.4 Å². The maximum absolute atomic E-state index is 14.2. The molecule has 0 unspecified atom stereocenters. The van der Waals surface area contributed by atoms with E-state index in [1.54, 1.807) is 35.2 Å². The third kappa shape index (κ3) is 6.61. The number of benzene rings is 1. The lowest BCUT2D eigenvalue weighted by Crippen LogP contribution is -2.25. The molecule has 4 heterocycles. The lowest BCUT2D eigenvalue weighted by molar-refractivity contribution is -0.137. The second kappa shape index (κ2) is 12.0. The number of carboxylic acids is 1. The monoisotopic (exact) mass is 599 g/mol. The molecule has 1 atom stereocenters. The number of ether oxygens (including phenoxy) is 1. The van der Waals surface area contributed by atoms with Crippen LogP contribution in [-0.2, 0) is 23.9 Å². The highest BCUT2D eigenvalue weighted by Gasteiger charge is 2.37. The molecule has 0 radical (unpaired) electrons. The van der Waals surface area contributed by atoms with Crippen LogP contribution in [-0.4, -0.2) is 62.1 Å². The predicted octanol–water partition coefficient (Wildman–Crippen LogP) is 4.81. The standard InChI is InChI=1S/C30H32F3N5O5/c1-18(2)28-23(6-9-36(28)11-12-43-22-5-10-38-20(15-22)3-7-34-38)29(42)35-25-13-19(14-27(40)41)26(16-24(25)30(31,32)33)37-8-4-21(39)17-37/h3,5-7,9-10,13,15-16,18,21,39H,4,8,11-12,14,17H2,1-2H3,(H,35,42)(H,40,41)/t21-/m1/s1. The summed E-state index contributed by atoms with van der Waals surface area (Å²) in [5.41, 5.74) is 0.253. The van der Waals surface area contributed by atoms with Gasteiger partial charge in [-0.05, 0) is 48.2 Å². The number of hydrogen-bond donors (Lipinski definition) is 3. The van der Waals surface area contributed by atoms with Crippen LogP contribution in [0.2, 0.25) is 0 Å². The van der Waals surface area contributed by atoms with Gasteiger partial charge in [-0.2, -0.15) is 18.3 Å². The Morgan fingerprint density at radius 2 is 1.95 bits per heavy atom. The van der Waals surface area contributed by atoms with Gasteiger partial charge in [0.05, 0.1) is 41.4 Å². The van der Waals surface area contributed by atoms with E-state index in [1.165, 1.54) is 4.90 Å². The van der Waals surface area contributed by atoms with Crippen molar-refractivity contribution in [2.24, 2.45) is 0 Å². The third-order valence-electron chi connectivity index (χ3n) is 7.39. The molecule has 228 valence electrons.